The molecule has 1 N–H and O–H groups in total. The Balaban J connectivity index is 2.26. The molecule has 0 radical (unpaired) electrons. The van der Waals surface area contributed by atoms with E-state index in [4.69, 9.17) is 9.15 Å². The van der Waals surface area contributed by atoms with Crippen molar-refractivity contribution < 1.29 is 17.6 Å². The van der Waals surface area contributed by atoms with Crippen molar-refractivity contribution in [3.63, 3.8) is 0 Å². The average molecular weight is 295 g/mol. The van der Waals surface area contributed by atoms with Crippen LogP contribution >= 0.6 is 0 Å². The van der Waals surface area contributed by atoms with E-state index in [1.54, 1.807) is 24.3 Å². The van der Waals surface area contributed by atoms with Crippen LogP contribution in [0.2, 0.25) is 0 Å². The second kappa shape index (κ2) is 6.11. The summed E-state index contributed by atoms with van der Waals surface area (Å²) in [6.07, 6.45) is 1.50. The third kappa shape index (κ3) is 3.40. The van der Waals surface area contributed by atoms with Crippen LogP contribution in [0, 0.1) is 6.92 Å². The lowest BCUT2D eigenvalue weighted by atomic mass is 10.2. The minimum absolute atomic E-state index is 0.106. The molecule has 1 heterocycles. The highest BCUT2D eigenvalue weighted by Gasteiger charge is 2.20. The molecule has 2 rings (SSSR count). The van der Waals surface area contributed by atoms with Crippen molar-refractivity contribution in [1.82, 2.24) is 4.72 Å². The standard InChI is InChI=1S/C14H17NO4S/c1-3-18-13-7-6-11(2)9-14(13)20(16,17)15-10-12-5-4-8-19-12/h4-9,15H,3,10H2,1-2H3. The summed E-state index contributed by atoms with van der Waals surface area (Å²) in [7, 11) is -3.65. The topological polar surface area (TPSA) is 68.5 Å². The van der Waals surface area contributed by atoms with E-state index in [9.17, 15) is 8.42 Å². The minimum atomic E-state index is -3.65. The summed E-state index contributed by atoms with van der Waals surface area (Å²) < 4.78 is 37.7. The fraction of sp³-hybridized carbons (Fsp3) is 0.286. The van der Waals surface area contributed by atoms with Gasteiger partial charge in [-0.25, -0.2) is 13.1 Å². The third-order valence-electron chi connectivity index (χ3n) is 2.71. The van der Waals surface area contributed by atoms with E-state index in [2.05, 4.69) is 4.72 Å². The molecule has 0 saturated heterocycles. The van der Waals surface area contributed by atoms with Crippen LogP contribution in [0.15, 0.2) is 45.9 Å². The van der Waals surface area contributed by atoms with Gasteiger partial charge < -0.3 is 9.15 Å². The predicted molar refractivity (Wildman–Crippen MR) is 75.1 cm³/mol. The zero-order valence-electron chi connectivity index (χ0n) is 11.4. The van der Waals surface area contributed by atoms with Gasteiger partial charge in [-0.2, -0.15) is 0 Å². The van der Waals surface area contributed by atoms with Crippen molar-refractivity contribution in [3.05, 3.63) is 47.9 Å². The first-order valence-electron chi connectivity index (χ1n) is 6.28. The predicted octanol–water partition coefficient (Wildman–Crippen LogP) is 2.47. The fourth-order valence-corrected chi connectivity index (χ4v) is 2.98. The number of sulfonamides is 1. The molecular weight excluding hydrogens is 278 g/mol. The van der Waals surface area contributed by atoms with E-state index >= 15 is 0 Å². The summed E-state index contributed by atoms with van der Waals surface area (Å²) in [5.74, 6) is 0.907. The maximum atomic E-state index is 12.3. The molecule has 0 amide bonds. The Hall–Kier alpha value is -1.79. The van der Waals surface area contributed by atoms with Crippen molar-refractivity contribution >= 4 is 10.0 Å². The molecule has 1 aromatic heterocycles. The molecule has 0 bridgehead atoms. The van der Waals surface area contributed by atoms with E-state index in [-0.39, 0.29) is 11.4 Å². The van der Waals surface area contributed by atoms with Gasteiger partial charge in [-0.05, 0) is 43.7 Å². The second-order valence-corrected chi connectivity index (χ2v) is 6.02. The van der Waals surface area contributed by atoms with Crippen LogP contribution in [0.5, 0.6) is 5.75 Å². The largest absolute Gasteiger partial charge is 0.492 e. The van der Waals surface area contributed by atoms with Gasteiger partial charge in [-0.15, -0.1) is 0 Å². The van der Waals surface area contributed by atoms with Crippen LogP contribution in [0.4, 0.5) is 0 Å². The quantitative estimate of drug-likeness (QED) is 0.889. The summed E-state index contributed by atoms with van der Waals surface area (Å²) in [6, 6.07) is 8.50. The monoisotopic (exact) mass is 295 g/mol. The minimum Gasteiger partial charge on any atom is -0.492 e. The summed E-state index contributed by atoms with van der Waals surface area (Å²) in [5, 5.41) is 0. The van der Waals surface area contributed by atoms with E-state index in [1.165, 1.54) is 6.26 Å². The van der Waals surface area contributed by atoms with Crippen molar-refractivity contribution in [1.29, 1.82) is 0 Å². The van der Waals surface area contributed by atoms with Crippen LogP contribution in [0.1, 0.15) is 18.2 Å². The Morgan fingerprint density at radius 2 is 2.10 bits per heavy atom. The van der Waals surface area contributed by atoms with E-state index in [1.807, 2.05) is 19.9 Å². The van der Waals surface area contributed by atoms with Gasteiger partial charge in [-0.3, -0.25) is 0 Å². The molecule has 0 aliphatic rings. The number of aryl methyl sites for hydroxylation is 1. The highest BCUT2D eigenvalue weighted by atomic mass is 32.2. The van der Waals surface area contributed by atoms with Gasteiger partial charge in [0.25, 0.3) is 0 Å². The number of rotatable bonds is 6. The van der Waals surface area contributed by atoms with Crippen LogP contribution in [-0.4, -0.2) is 15.0 Å². The molecule has 0 aliphatic carbocycles. The molecular formula is C14H17NO4S. The van der Waals surface area contributed by atoms with Crippen LogP contribution in [-0.2, 0) is 16.6 Å². The number of furan rings is 1. The molecule has 0 aliphatic heterocycles. The molecule has 0 unspecified atom stereocenters. The number of hydrogen-bond donors (Lipinski definition) is 1. The van der Waals surface area contributed by atoms with Gasteiger partial charge in [0, 0.05) is 0 Å². The Bertz CT molecular complexity index is 662. The highest BCUT2D eigenvalue weighted by molar-refractivity contribution is 7.89. The number of nitrogens with one attached hydrogen (secondary N) is 1. The average Bonchev–Trinajstić information content (AvgIpc) is 2.92. The van der Waals surface area contributed by atoms with Crippen LogP contribution in [0.25, 0.3) is 0 Å². The number of ether oxygens (including phenoxy) is 1. The third-order valence-corrected chi connectivity index (χ3v) is 4.13. The summed E-state index contributed by atoms with van der Waals surface area (Å²) >= 11 is 0. The Kier molecular flexibility index (Phi) is 4.46. The lowest BCUT2D eigenvalue weighted by Crippen LogP contribution is -2.23. The molecule has 0 atom stereocenters. The number of benzene rings is 1. The summed E-state index contributed by atoms with van der Waals surface area (Å²) in [5.41, 5.74) is 0.854. The molecule has 2 aromatic rings. The lowest BCUT2D eigenvalue weighted by molar-refractivity contribution is 0.331. The van der Waals surface area contributed by atoms with Crippen LogP contribution < -0.4 is 9.46 Å². The molecule has 0 fully saturated rings. The number of hydrogen-bond acceptors (Lipinski definition) is 4. The Morgan fingerprint density at radius 3 is 2.75 bits per heavy atom. The van der Waals surface area contributed by atoms with Crippen molar-refractivity contribution in [2.24, 2.45) is 0 Å². The first-order chi connectivity index (χ1) is 9.53. The van der Waals surface area contributed by atoms with E-state index < -0.39 is 10.0 Å². The first kappa shape index (κ1) is 14.6. The van der Waals surface area contributed by atoms with Crippen molar-refractivity contribution in [2.75, 3.05) is 6.61 Å². The van der Waals surface area contributed by atoms with Gasteiger partial charge in [0.05, 0.1) is 19.4 Å². The van der Waals surface area contributed by atoms with Gasteiger partial charge in [0.1, 0.15) is 16.4 Å². The highest BCUT2D eigenvalue weighted by Crippen LogP contribution is 2.25. The fourth-order valence-electron chi connectivity index (χ4n) is 1.76. The molecule has 5 nitrogen and oxygen atoms in total. The zero-order chi connectivity index (χ0) is 14.6. The normalized spacial score (nSPS) is 11.5. The molecule has 108 valence electrons. The summed E-state index contributed by atoms with van der Waals surface area (Å²) in [6.45, 7) is 4.16. The van der Waals surface area contributed by atoms with Crippen molar-refractivity contribution in [2.45, 2.75) is 25.3 Å². The van der Waals surface area contributed by atoms with E-state index in [0.717, 1.165) is 5.56 Å². The first-order valence-corrected chi connectivity index (χ1v) is 7.76. The molecule has 6 heteroatoms. The second-order valence-electron chi connectivity index (χ2n) is 4.29. The molecule has 1 aromatic carbocycles. The SMILES string of the molecule is CCOc1ccc(C)cc1S(=O)(=O)NCc1ccco1. The van der Waals surface area contributed by atoms with Gasteiger partial charge in [0.15, 0.2) is 0 Å². The van der Waals surface area contributed by atoms with Gasteiger partial charge >= 0.3 is 0 Å². The van der Waals surface area contributed by atoms with Crippen LogP contribution in [0.3, 0.4) is 0 Å². The Morgan fingerprint density at radius 1 is 1.30 bits per heavy atom. The lowest BCUT2D eigenvalue weighted by Gasteiger charge is -2.12. The van der Waals surface area contributed by atoms with Crippen molar-refractivity contribution in [3.8, 4) is 5.75 Å². The summed E-state index contributed by atoms with van der Waals surface area (Å²) in [4.78, 5) is 0.144. The zero-order valence-corrected chi connectivity index (χ0v) is 12.2. The van der Waals surface area contributed by atoms with Gasteiger partial charge in [-0.1, -0.05) is 6.07 Å². The molecule has 0 spiro atoms. The molecule has 20 heavy (non-hydrogen) atoms. The maximum Gasteiger partial charge on any atom is 0.244 e. The Labute approximate surface area is 118 Å². The van der Waals surface area contributed by atoms with E-state index in [0.29, 0.717) is 18.1 Å². The van der Waals surface area contributed by atoms with Gasteiger partial charge in [0.2, 0.25) is 10.0 Å². The molecule has 0 saturated carbocycles. The maximum absolute atomic E-state index is 12.3. The smallest absolute Gasteiger partial charge is 0.244 e.